The van der Waals surface area contributed by atoms with E-state index >= 15 is 0 Å². The maximum Gasteiger partial charge on any atom is 0.227 e. The second kappa shape index (κ2) is 5.78. The first-order valence-corrected chi connectivity index (χ1v) is 6.91. The molecule has 0 aliphatic carbocycles. The summed E-state index contributed by atoms with van der Waals surface area (Å²) in [6, 6.07) is 17.8. The van der Waals surface area contributed by atoms with Crippen LogP contribution in [-0.4, -0.2) is 12.5 Å². The van der Waals surface area contributed by atoms with E-state index in [9.17, 15) is 4.79 Å². The summed E-state index contributed by atoms with van der Waals surface area (Å²) in [5.41, 5.74) is 2.00. The highest BCUT2D eigenvalue weighted by molar-refractivity contribution is 5.96. The van der Waals surface area contributed by atoms with Crippen LogP contribution in [0, 0.1) is 0 Å². The van der Waals surface area contributed by atoms with Crippen LogP contribution in [0.4, 0.5) is 5.69 Å². The molecule has 3 rings (SSSR count). The van der Waals surface area contributed by atoms with Crippen molar-refractivity contribution in [2.75, 3.05) is 11.4 Å². The Balaban J connectivity index is 1.78. The Morgan fingerprint density at radius 2 is 1.75 bits per heavy atom. The van der Waals surface area contributed by atoms with Gasteiger partial charge in [0, 0.05) is 13.0 Å². The summed E-state index contributed by atoms with van der Waals surface area (Å²) in [6.45, 7) is 1.30. The predicted molar refractivity (Wildman–Crippen MR) is 78.8 cm³/mol. The van der Waals surface area contributed by atoms with Crippen LogP contribution in [0.1, 0.15) is 18.4 Å². The van der Waals surface area contributed by atoms with E-state index in [1.54, 1.807) is 0 Å². The van der Waals surface area contributed by atoms with Crippen LogP contribution in [0.3, 0.4) is 0 Å². The van der Waals surface area contributed by atoms with Crippen molar-refractivity contribution in [1.29, 1.82) is 0 Å². The zero-order valence-electron chi connectivity index (χ0n) is 11.3. The van der Waals surface area contributed by atoms with Gasteiger partial charge >= 0.3 is 0 Å². The van der Waals surface area contributed by atoms with Crippen LogP contribution in [-0.2, 0) is 11.4 Å². The van der Waals surface area contributed by atoms with Crippen molar-refractivity contribution in [2.45, 2.75) is 19.4 Å². The van der Waals surface area contributed by atoms with Gasteiger partial charge in [-0.1, -0.05) is 42.5 Å². The van der Waals surface area contributed by atoms with Crippen LogP contribution >= 0.6 is 0 Å². The molecule has 0 saturated carbocycles. The maximum atomic E-state index is 11.9. The minimum atomic E-state index is 0.181. The summed E-state index contributed by atoms with van der Waals surface area (Å²) in [5.74, 6) is 0.951. The van der Waals surface area contributed by atoms with Crippen LogP contribution in [0.5, 0.6) is 5.75 Å². The number of amides is 1. The molecule has 3 nitrogen and oxygen atoms in total. The number of anilines is 1. The van der Waals surface area contributed by atoms with E-state index in [4.69, 9.17) is 4.74 Å². The average molecular weight is 267 g/mol. The molecule has 1 fully saturated rings. The number of carbonyl (C=O) groups excluding carboxylic acids is 1. The highest BCUT2D eigenvalue weighted by Crippen LogP contribution is 2.31. The number of benzene rings is 2. The third kappa shape index (κ3) is 2.67. The molecule has 0 atom stereocenters. The molecule has 0 spiro atoms. The Kier molecular flexibility index (Phi) is 3.68. The minimum Gasteiger partial charge on any atom is -0.487 e. The maximum absolute atomic E-state index is 11.9. The molecule has 20 heavy (non-hydrogen) atoms. The monoisotopic (exact) mass is 267 g/mol. The molecule has 1 amide bonds. The summed E-state index contributed by atoms with van der Waals surface area (Å²) < 4.78 is 5.89. The fraction of sp³-hybridized carbons (Fsp3) is 0.235. The molecule has 0 N–H and O–H groups in total. The molecule has 1 saturated heterocycles. The molecule has 0 bridgehead atoms. The Morgan fingerprint density at radius 1 is 1.00 bits per heavy atom. The van der Waals surface area contributed by atoms with E-state index in [2.05, 4.69) is 0 Å². The van der Waals surface area contributed by atoms with Crippen LogP contribution < -0.4 is 9.64 Å². The van der Waals surface area contributed by atoms with Gasteiger partial charge in [-0.2, -0.15) is 0 Å². The Hall–Kier alpha value is -2.29. The SMILES string of the molecule is O=C1CCCN1c1ccccc1OCc1ccccc1. The van der Waals surface area contributed by atoms with Gasteiger partial charge in [-0.25, -0.2) is 0 Å². The molecule has 1 heterocycles. The van der Waals surface area contributed by atoms with Gasteiger partial charge in [0.05, 0.1) is 5.69 Å². The van der Waals surface area contributed by atoms with Gasteiger partial charge in [-0.3, -0.25) is 4.79 Å². The normalized spacial score (nSPS) is 14.6. The van der Waals surface area contributed by atoms with Gasteiger partial charge < -0.3 is 9.64 Å². The number of hydrogen-bond acceptors (Lipinski definition) is 2. The number of para-hydroxylation sites is 2. The molecule has 0 aromatic heterocycles. The van der Waals surface area contributed by atoms with E-state index in [0.717, 1.165) is 30.0 Å². The Morgan fingerprint density at radius 3 is 2.50 bits per heavy atom. The molecular weight excluding hydrogens is 250 g/mol. The van der Waals surface area contributed by atoms with Crippen LogP contribution in [0.25, 0.3) is 0 Å². The van der Waals surface area contributed by atoms with Crippen molar-refractivity contribution in [2.24, 2.45) is 0 Å². The standard InChI is InChI=1S/C17H17NO2/c19-17-11-6-12-18(17)15-9-4-5-10-16(15)20-13-14-7-2-1-3-8-14/h1-5,7-10H,6,11-13H2. The largest absolute Gasteiger partial charge is 0.487 e. The minimum absolute atomic E-state index is 0.181. The van der Waals surface area contributed by atoms with Crippen molar-refractivity contribution in [1.82, 2.24) is 0 Å². The molecule has 0 unspecified atom stereocenters. The van der Waals surface area contributed by atoms with E-state index in [-0.39, 0.29) is 5.91 Å². The highest BCUT2D eigenvalue weighted by atomic mass is 16.5. The number of nitrogens with zero attached hydrogens (tertiary/aromatic N) is 1. The van der Waals surface area contributed by atoms with E-state index in [1.165, 1.54) is 0 Å². The quantitative estimate of drug-likeness (QED) is 0.849. The van der Waals surface area contributed by atoms with Crippen molar-refractivity contribution >= 4 is 11.6 Å². The van der Waals surface area contributed by atoms with E-state index < -0.39 is 0 Å². The third-order valence-electron chi connectivity index (χ3n) is 3.47. The Bertz CT molecular complexity index is 595. The lowest BCUT2D eigenvalue weighted by atomic mass is 10.2. The molecule has 102 valence electrons. The second-order valence-electron chi connectivity index (χ2n) is 4.89. The number of rotatable bonds is 4. The molecule has 1 aliphatic heterocycles. The third-order valence-corrected chi connectivity index (χ3v) is 3.47. The molecular formula is C17H17NO2. The zero-order chi connectivity index (χ0) is 13.8. The van der Waals surface area contributed by atoms with Crippen molar-refractivity contribution < 1.29 is 9.53 Å². The second-order valence-corrected chi connectivity index (χ2v) is 4.89. The lowest BCUT2D eigenvalue weighted by Gasteiger charge is -2.19. The number of carbonyl (C=O) groups is 1. The van der Waals surface area contributed by atoms with Gasteiger partial charge in [0.1, 0.15) is 12.4 Å². The van der Waals surface area contributed by atoms with Gasteiger partial charge in [0.15, 0.2) is 0 Å². The topological polar surface area (TPSA) is 29.5 Å². The average Bonchev–Trinajstić information content (AvgIpc) is 2.92. The van der Waals surface area contributed by atoms with Gasteiger partial charge in [0.25, 0.3) is 0 Å². The fourth-order valence-electron chi connectivity index (χ4n) is 2.44. The summed E-state index contributed by atoms with van der Waals surface area (Å²) in [6.07, 6.45) is 1.55. The first-order valence-electron chi connectivity index (χ1n) is 6.91. The Labute approximate surface area is 118 Å². The number of ether oxygens (including phenoxy) is 1. The van der Waals surface area contributed by atoms with E-state index in [0.29, 0.717) is 13.0 Å². The predicted octanol–water partition coefficient (Wildman–Crippen LogP) is 3.39. The first-order chi connectivity index (χ1) is 9.84. The lowest BCUT2D eigenvalue weighted by molar-refractivity contribution is -0.117. The summed E-state index contributed by atoms with van der Waals surface area (Å²) in [4.78, 5) is 13.7. The summed E-state index contributed by atoms with van der Waals surface area (Å²) >= 11 is 0. The van der Waals surface area contributed by atoms with E-state index in [1.807, 2.05) is 59.5 Å². The van der Waals surface area contributed by atoms with Gasteiger partial charge in [-0.05, 0) is 24.1 Å². The van der Waals surface area contributed by atoms with Crippen LogP contribution in [0.15, 0.2) is 54.6 Å². The van der Waals surface area contributed by atoms with Crippen LogP contribution in [0.2, 0.25) is 0 Å². The lowest BCUT2D eigenvalue weighted by Crippen LogP contribution is -2.24. The van der Waals surface area contributed by atoms with Crippen molar-refractivity contribution in [3.05, 3.63) is 60.2 Å². The molecule has 2 aromatic rings. The summed E-state index contributed by atoms with van der Waals surface area (Å²) in [7, 11) is 0. The highest BCUT2D eigenvalue weighted by Gasteiger charge is 2.24. The fourth-order valence-corrected chi connectivity index (χ4v) is 2.44. The smallest absolute Gasteiger partial charge is 0.227 e. The van der Waals surface area contributed by atoms with Gasteiger partial charge in [-0.15, -0.1) is 0 Å². The number of hydrogen-bond donors (Lipinski definition) is 0. The van der Waals surface area contributed by atoms with Crippen molar-refractivity contribution in [3.8, 4) is 5.75 Å². The zero-order valence-corrected chi connectivity index (χ0v) is 11.3. The molecule has 0 radical (unpaired) electrons. The first kappa shape index (κ1) is 12.7. The summed E-state index contributed by atoms with van der Waals surface area (Å²) in [5, 5.41) is 0. The molecule has 3 heteroatoms. The van der Waals surface area contributed by atoms with Gasteiger partial charge in [0.2, 0.25) is 5.91 Å². The van der Waals surface area contributed by atoms with Crippen molar-refractivity contribution in [3.63, 3.8) is 0 Å². The molecule has 1 aliphatic rings. The molecule has 2 aromatic carbocycles.